The van der Waals surface area contributed by atoms with Crippen LogP contribution in [0.25, 0.3) is 11.3 Å². The number of hydrogen-bond acceptors (Lipinski definition) is 5. The number of halogens is 2. The van der Waals surface area contributed by atoms with Crippen molar-refractivity contribution in [1.29, 1.82) is 0 Å². The Morgan fingerprint density at radius 2 is 2.15 bits per heavy atom. The minimum Gasteiger partial charge on any atom is -0.301 e. The van der Waals surface area contributed by atoms with Crippen LogP contribution in [0.1, 0.15) is 11.3 Å². The van der Waals surface area contributed by atoms with Crippen LogP contribution in [0.2, 0.25) is 10.0 Å². The molecule has 3 rings (SSSR count). The molecule has 1 N–H and O–H groups in total. The van der Waals surface area contributed by atoms with Crippen molar-refractivity contribution >= 4 is 45.6 Å². The van der Waals surface area contributed by atoms with Gasteiger partial charge in [0, 0.05) is 40.8 Å². The summed E-state index contributed by atoms with van der Waals surface area (Å²) >= 11 is 13.5. The molecule has 6 nitrogen and oxygen atoms in total. The van der Waals surface area contributed by atoms with Gasteiger partial charge in [-0.1, -0.05) is 23.2 Å². The summed E-state index contributed by atoms with van der Waals surface area (Å²) < 4.78 is 1.82. The maximum Gasteiger partial charge on any atom is 0.240 e. The summed E-state index contributed by atoms with van der Waals surface area (Å²) in [6, 6.07) is 5.25. The van der Waals surface area contributed by atoms with E-state index in [4.69, 9.17) is 23.2 Å². The van der Waals surface area contributed by atoms with Crippen molar-refractivity contribution < 1.29 is 4.79 Å². The Morgan fingerprint density at radius 1 is 1.37 bits per heavy atom. The number of thiazole rings is 1. The fourth-order valence-electron chi connectivity index (χ4n) is 2.60. The minimum absolute atomic E-state index is 0.123. The van der Waals surface area contributed by atoms with Gasteiger partial charge in [-0.15, -0.1) is 11.3 Å². The highest BCUT2D eigenvalue weighted by atomic mass is 35.5. The van der Waals surface area contributed by atoms with E-state index in [1.54, 1.807) is 12.1 Å². The lowest BCUT2D eigenvalue weighted by molar-refractivity contribution is -0.117. The third-order valence-electron chi connectivity index (χ3n) is 4.15. The van der Waals surface area contributed by atoms with E-state index in [1.165, 1.54) is 11.3 Å². The number of nitrogens with zero attached hydrogens (tertiary/aromatic N) is 4. The van der Waals surface area contributed by atoms with E-state index in [0.29, 0.717) is 27.4 Å². The van der Waals surface area contributed by atoms with E-state index >= 15 is 0 Å². The van der Waals surface area contributed by atoms with Crippen molar-refractivity contribution in [1.82, 2.24) is 19.7 Å². The summed E-state index contributed by atoms with van der Waals surface area (Å²) in [5, 5.41) is 10.5. The smallest absolute Gasteiger partial charge is 0.240 e. The Hall–Kier alpha value is -1.93. The van der Waals surface area contributed by atoms with Crippen LogP contribution in [0.3, 0.4) is 0 Å². The molecule has 0 bridgehead atoms. The Kier molecular flexibility index (Phi) is 6.16. The zero-order valence-electron chi connectivity index (χ0n) is 15.2. The first-order valence-corrected chi connectivity index (χ1v) is 9.84. The quantitative estimate of drug-likeness (QED) is 0.644. The molecule has 1 amide bonds. The average Bonchev–Trinajstić information content (AvgIpc) is 3.16. The largest absolute Gasteiger partial charge is 0.301 e. The van der Waals surface area contributed by atoms with Crippen molar-refractivity contribution in [2.75, 3.05) is 18.9 Å². The summed E-state index contributed by atoms with van der Waals surface area (Å²) in [6.07, 6.45) is 1.83. The number of amides is 1. The molecule has 0 fully saturated rings. The number of likely N-dealkylation sites (N-methyl/N-ethyl adjacent to an activating group) is 1. The summed E-state index contributed by atoms with van der Waals surface area (Å²) in [5.41, 5.74) is 3.67. The van der Waals surface area contributed by atoms with Crippen LogP contribution < -0.4 is 5.32 Å². The molecule has 0 saturated heterocycles. The lowest BCUT2D eigenvalue weighted by Gasteiger charge is -2.15. The van der Waals surface area contributed by atoms with Gasteiger partial charge in [-0.3, -0.25) is 14.4 Å². The van der Waals surface area contributed by atoms with Crippen LogP contribution in [0.15, 0.2) is 29.8 Å². The Morgan fingerprint density at radius 3 is 2.81 bits per heavy atom. The van der Waals surface area contributed by atoms with Crippen molar-refractivity contribution in [2.45, 2.75) is 13.5 Å². The predicted octanol–water partition coefficient (Wildman–Crippen LogP) is 4.23. The van der Waals surface area contributed by atoms with Crippen molar-refractivity contribution in [3.63, 3.8) is 0 Å². The van der Waals surface area contributed by atoms with Crippen LogP contribution in [0.5, 0.6) is 0 Å². The second-order valence-corrected chi connectivity index (χ2v) is 7.96. The van der Waals surface area contributed by atoms with E-state index in [0.717, 1.165) is 16.8 Å². The van der Waals surface area contributed by atoms with Crippen LogP contribution in [-0.2, 0) is 18.4 Å². The molecule has 0 aliphatic rings. The average molecular weight is 424 g/mol. The minimum atomic E-state index is -0.123. The Bertz CT molecular complexity index is 969. The summed E-state index contributed by atoms with van der Waals surface area (Å²) in [5.74, 6) is -0.123. The van der Waals surface area contributed by atoms with E-state index in [1.807, 2.05) is 48.2 Å². The highest BCUT2D eigenvalue weighted by molar-refractivity contribution is 7.14. The number of aryl methyl sites for hydroxylation is 1. The molecule has 2 aromatic heterocycles. The van der Waals surface area contributed by atoms with Crippen molar-refractivity contribution in [2.24, 2.45) is 7.05 Å². The molecule has 0 atom stereocenters. The molecular weight excluding hydrogens is 405 g/mol. The van der Waals surface area contributed by atoms with Crippen LogP contribution in [0.4, 0.5) is 5.13 Å². The first kappa shape index (κ1) is 19.8. The molecular formula is C18H19Cl2N5OS. The summed E-state index contributed by atoms with van der Waals surface area (Å²) in [7, 11) is 3.80. The third-order valence-corrected chi connectivity index (χ3v) is 5.45. The zero-order chi connectivity index (χ0) is 19.6. The molecule has 3 aromatic rings. The normalized spacial score (nSPS) is 11.2. The fraction of sp³-hybridized carbons (Fsp3) is 0.278. The number of carbonyl (C=O) groups excluding carboxylic acids is 1. The van der Waals surface area contributed by atoms with Gasteiger partial charge in [0.15, 0.2) is 5.13 Å². The molecule has 0 spiro atoms. The zero-order valence-corrected chi connectivity index (χ0v) is 17.5. The molecule has 9 heteroatoms. The number of benzene rings is 1. The van der Waals surface area contributed by atoms with E-state index in [-0.39, 0.29) is 12.5 Å². The van der Waals surface area contributed by atoms with Gasteiger partial charge in [-0.05, 0) is 32.2 Å². The van der Waals surface area contributed by atoms with Crippen molar-refractivity contribution in [3.8, 4) is 11.3 Å². The van der Waals surface area contributed by atoms with E-state index < -0.39 is 0 Å². The Labute approximate surface area is 171 Å². The second kappa shape index (κ2) is 8.39. The van der Waals surface area contributed by atoms with Gasteiger partial charge < -0.3 is 5.32 Å². The third kappa shape index (κ3) is 4.87. The number of carbonyl (C=O) groups is 1. The van der Waals surface area contributed by atoms with E-state index in [2.05, 4.69) is 15.4 Å². The number of aromatic nitrogens is 3. The number of nitrogens with one attached hydrogen (secondary N) is 1. The SMILES string of the molecule is Cc1c(CN(C)CC(=O)Nc2nc(-c3ccc(Cl)cc3Cl)cs2)cnn1C. The van der Waals surface area contributed by atoms with Crippen molar-refractivity contribution in [3.05, 3.63) is 51.1 Å². The van der Waals surface area contributed by atoms with Gasteiger partial charge in [0.2, 0.25) is 5.91 Å². The molecule has 0 saturated carbocycles. The highest BCUT2D eigenvalue weighted by Gasteiger charge is 2.13. The summed E-state index contributed by atoms with van der Waals surface area (Å²) in [4.78, 5) is 18.7. The van der Waals surface area contributed by atoms with Gasteiger partial charge in [-0.25, -0.2) is 4.98 Å². The van der Waals surface area contributed by atoms with Crippen LogP contribution in [-0.4, -0.2) is 39.2 Å². The van der Waals surface area contributed by atoms with Gasteiger partial charge >= 0.3 is 0 Å². The van der Waals surface area contributed by atoms with Crippen LogP contribution in [0, 0.1) is 6.92 Å². The first-order valence-electron chi connectivity index (χ1n) is 8.20. The number of anilines is 1. The second-order valence-electron chi connectivity index (χ2n) is 6.26. The molecule has 0 unspecified atom stereocenters. The lowest BCUT2D eigenvalue weighted by Crippen LogP contribution is -2.29. The number of hydrogen-bond donors (Lipinski definition) is 1. The van der Waals surface area contributed by atoms with Gasteiger partial charge in [-0.2, -0.15) is 5.10 Å². The molecule has 0 aliphatic carbocycles. The molecule has 27 heavy (non-hydrogen) atoms. The monoisotopic (exact) mass is 423 g/mol. The lowest BCUT2D eigenvalue weighted by atomic mass is 10.2. The van der Waals surface area contributed by atoms with Gasteiger partial charge in [0.25, 0.3) is 0 Å². The molecule has 142 valence electrons. The Balaban J connectivity index is 1.60. The fourth-order valence-corrected chi connectivity index (χ4v) is 3.83. The first-order chi connectivity index (χ1) is 12.8. The topological polar surface area (TPSA) is 63.1 Å². The highest BCUT2D eigenvalue weighted by Crippen LogP contribution is 2.32. The number of rotatable bonds is 6. The van der Waals surface area contributed by atoms with Crippen LogP contribution >= 0.6 is 34.5 Å². The van der Waals surface area contributed by atoms with Gasteiger partial charge in [0.1, 0.15) is 0 Å². The summed E-state index contributed by atoms with van der Waals surface area (Å²) in [6.45, 7) is 2.91. The molecule has 2 heterocycles. The standard InChI is InChI=1S/C18H19Cl2N5OS/c1-11-12(7-21-25(11)3)8-24(2)9-17(26)23-18-22-16(10-27-18)14-5-4-13(19)6-15(14)20/h4-7,10H,8-9H2,1-3H3,(H,22,23,26). The maximum atomic E-state index is 12.3. The maximum absolute atomic E-state index is 12.3. The molecule has 0 aliphatic heterocycles. The predicted molar refractivity (Wildman–Crippen MR) is 110 cm³/mol. The van der Waals surface area contributed by atoms with E-state index in [9.17, 15) is 4.79 Å². The van der Waals surface area contributed by atoms with Gasteiger partial charge in [0.05, 0.1) is 23.5 Å². The molecule has 0 radical (unpaired) electrons. The molecule has 1 aromatic carbocycles.